The predicted molar refractivity (Wildman–Crippen MR) is 77.7 cm³/mol. The third-order valence-corrected chi connectivity index (χ3v) is 3.32. The normalized spacial score (nSPS) is 14.8. The predicted octanol–water partition coefficient (Wildman–Crippen LogP) is 2.05. The standard InChI is InChI=1S/C15H20N4O/c1-18(2)7-8-19-11-12(9-17-19)14-10-16-6-5-15(14)20-13-3-4-13/h5-6,9-11,13H,3-4,7-8H2,1-2H3. The van der Waals surface area contributed by atoms with Crippen molar-refractivity contribution < 1.29 is 4.74 Å². The molecule has 1 aliphatic rings. The molecule has 1 fully saturated rings. The van der Waals surface area contributed by atoms with Gasteiger partial charge in [0.2, 0.25) is 0 Å². The topological polar surface area (TPSA) is 43.2 Å². The molecule has 0 aliphatic heterocycles. The third-order valence-electron chi connectivity index (χ3n) is 3.32. The highest BCUT2D eigenvalue weighted by Crippen LogP contribution is 2.33. The van der Waals surface area contributed by atoms with Crippen molar-refractivity contribution in [1.29, 1.82) is 0 Å². The smallest absolute Gasteiger partial charge is 0.130 e. The van der Waals surface area contributed by atoms with Gasteiger partial charge in [-0.15, -0.1) is 0 Å². The summed E-state index contributed by atoms with van der Waals surface area (Å²) in [5, 5.41) is 4.41. The molecule has 106 valence electrons. The first-order valence-electron chi connectivity index (χ1n) is 7.00. The van der Waals surface area contributed by atoms with Gasteiger partial charge >= 0.3 is 0 Å². The minimum Gasteiger partial charge on any atom is -0.490 e. The SMILES string of the molecule is CN(C)CCn1cc(-c2cnccc2OC2CC2)cn1. The fraction of sp³-hybridized carbons (Fsp3) is 0.467. The number of nitrogens with zero attached hydrogens (tertiary/aromatic N) is 4. The van der Waals surface area contributed by atoms with Crippen LogP contribution in [-0.4, -0.2) is 46.4 Å². The minimum atomic E-state index is 0.389. The molecule has 2 aromatic rings. The maximum Gasteiger partial charge on any atom is 0.130 e. The summed E-state index contributed by atoms with van der Waals surface area (Å²) in [6, 6.07) is 1.94. The largest absolute Gasteiger partial charge is 0.490 e. The third kappa shape index (κ3) is 3.17. The van der Waals surface area contributed by atoms with Crippen LogP contribution in [0.25, 0.3) is 11.1 Å². The number of aromatic nitrogens is 3. The van der Waals surface area contributed by atoms with Gasteiger partial charge in [0.1, 0.15) is 5.75 Å². The lowest BCUT2D eigenvalue weighted by molar-refractivity contribution is 0.304. The van der Waals surface area contributed by atoms with Crippen LogP contribution in [0.5, 0.6) is 5.75 Å². The molecule has 0 amide bonds. The summed E-state index contributed by atoms with van der Waals surface area (Å²) < 4.78 is 7.89. The zero-order valence-electron chi connectivity index (χ0n) is 12.0. The van der Waals surface area contributed by atoms with E-state index in [0.29, 0.717) is 6.10 Å². The average Bonchev–Trinajstić information content (AvgIpc) is 3.12. The van der Waals surface area contributed by atoms with Crippen LogP contribution < -0.4 is 4.74 Å². The van der Waals surface area contributed by atoms with E-state index < -0.39 is 0 Å². The summed E-state index contributed by atoms with van der Waals surface area (Å²) in [6.07, 6.45) is 10.3. The molecule has 0 unspecified atom stereocenters. The lowest BCUT2D eigenvalue weighted by Crippen LogP contribution is -2.18. The van der Waals surface area contributed by atoms with Crippen LogP contribution in [-0.2, 0) is 6.54 Å². The molecule has 0 spiro atoms. The minimum absolute atomic E-state index is 0.389. The van der Waals surface area contributed by atoms with Crippen molar-refractivity contribution >= 4 is 0 Å². The fourth-order valence-electron chi connectivity index (χ4n) is 1.99. The molecule has 3 rings (SSSR count). The zero-order valence-corrected chi connectivity index (χ0v) is 12.0. The van der Waals surface area contributed by atoms with E-state index in [1.165, 1.54) is 0 Å². The van der Waals surface area contributed by atoms with Gasteiger partial charge in [0.05, 0.1) is 18.8 Å². The van der Waals surface area contributed by atoms with Crippen molar-refractivity contribution in [3.8, 4) is 16.9 Å². The molecule has 5 heteroatoms. The van der Waals surface area contributed by atoms with Crippen LogP contribution in [0.4, 0.5) is 0 Å². The van der Waals surface area contributed by atoms with Crippen LogP contribution in [0.1, 0.15) is 12.8 Å². The Kier molecular flexibility index (Phi) is 3.69. The molecular formula is C15H20N4O. The first-order chi connectivity index (χ1) is 9.72. The highest BCUT2D eigenvalue weighted by Gasteiger charge is 2.24. The molecule has 0 atom stereocenters. The molecular weight excluding hydrogens is 252 g/mol. The van der Waals surface area contributed by atoms with Gasteiger partial charge in [0, 0.05) is 36.3 Å². The van der Waals surface area contributed by atoms with Gasteiger partial charge in [-0.2, -0.15) is 5.10 Å². The van der Waals surface area contributed by atoms with Crippen LogP contribution in [0.15, 0.2) is 30.9 Å². The van der Waals surface area contributed by atoms with Gasteiger partial charge in [-0.3, -0.25) is 9.67 Å². The van der Waals surface area contributed by atoms with E-state index in [2.05, 4.69) is 35.3 Å². The lowest BCUT2D eigenvalue weighted by Gasteiger charge is -2.09. The van der Waals surface area contributed by atoms with Crippen molar-refractivity contribution in [2.45, 2.75) is 25.5 Å². The van der Waals surface area contributed by atoms with E-state index in [4.69, 9.17) is 4.74 Å². The molecule has 1 aliphatic carbocycles. The molecule has 2 aromatic heterocycles. The Balaban J connectivity index is 1.78. The Morgan fingerprint density at radius 3 is 2.95 bits per heavy atom. The fourth-order valence-corrected chi connectivity index (χ4v) is 1.99. The van der Waals surface area contributed by atoms with E-state index in [-0.39, 0.29) is 0 Å². The number of ether oxygens (including phenoxy) is 1. The molecule has 0 radical (unpaired) electrons. The molecule has 0 aromatic carbocycles. The highest BCUT2D eigenvalue weighted by atomic mass is 16.5. The number of rotatable bonds is 6. The van der Waals surface area contributed by atoms with Crippen LogP contribution in [0, 0.1) is 0 Å². The molecule has 5 nitrogen and oxygen atoms in total. The second kappa shape index (κ2) is 5.63. The van der Waals surface area contributed by atoms with Crippen LogP contribution in [0.2, 0.25) is 0 Å². The summed E-state index contributed by atoms with van der Waals surface area (Å²) >= 11 is 0. The van der Waals surface area contributed by atoms with Gasteiger partial charge in [0.25, 0.3) is 0 Å². The monoisotopic (exact) mass is 272 g/mol. The summed E-state index contributed by atoms with van der Waals surface area (Å²) in [5.41, 5.74) is 2.09. The van der Waals surface area contributed by atoms with Gasteiger partial charge in [-0.25, -0.2) is 0 Å². The van der Waals surface area contributed by atoms with Gasteiger partial charge < -0.3 is 9.64 Å². The van der Waals surface area contributed by atoms with Crippen LogP contribution in [0.3, 0.4) is 0 Å². The summed E-state index contributed by atoms with van der Waals surface area (Å²) in [7, 11) is 4.13. The Bertz CT molecular complexity index is 575. The van der Waals surface area contributed by atoms with Crippen molar-refractivity contribution in [2.24, 2.45) is 0 Å². The maximum absolute atomic E-state index is 5.93. The van der Waals surface area contributed by atoms with Crippen molar-refractivity contribution in [1.82, 2.24) is 19.7 Å². The Labute approximate surface area is 119 Å². The Morgan fingerprint density at radius 1 is 1.35 bits per heavy atom. The Morgan fingerprint density at radius 2 is 2.20 bits per heavy atom. The first kappa shape index (κ1) is 13.1. The molecule has 0 N–H and O–H groups in total. The number of hydrogen-bond acceptors (Lipinski definition) is 4. The summed E-state index contributed by atoms with van der Waals surface area (Å²) in [5.74, 6) is 0.912. The first-order valence-corrected chi connectivity index (χ1v) is 7.00. The van der Waals surface area contributed by atoms with E-state index in [1.54, 1.807) is 6.20 Å². The highest BCUT2D eigenvalue weighted by molar-refractivity contribution is 5.68. The zero-order chi connectivity index (χ0) is 13.9. The molecule has 1 saturated carbocycles. The van der Waals surface area contributed by atoms with Crippen LogP contribution >= 0.6 is 0 Å². The summed E-state index contributed by atoms with van der Waals surface area (Å²) in [6.45, 7) is 1.85. The van der Waals surface area contributed by atoms with E-state index in [9.17, 15) is 0 Å². The number of hydrogen-bond donors (Lipinski definition) is 0. The van der Waals surface area contributed by atoms with Gasteiger partial charge in [-0.05, 0) is 33.0 Å². The second-order valence-corrected chi connectivity index (χ2v) is 5.48. The lowest BCUT2D eigenvalue weighted by atomic mass is 10.1. The van der Waals surface area contributed by atoms with Crippen molar-refractivity contribution in [3.63, 3.8) is 0 Å². The number of pyridine rings is 1. The van der Waals surface area contributed by atoms with E-state index in [1.807, 2.05) is 23.1 Å². The van der Waals surface area contributed by atoms with Gasteiger partial charge in [0.15, 0.2) is 0 Å². The van der Waals surface area contributed by atoms with Gasteiger partial charge in [-0.1, -0.05) is 0 Å². The molecule has 20 heavy (non-hydrogen) atoms. The maximum atomic E-state index is 5.93. The Hall–Kier alpha value is -1.88. The summed E-state index contributed by atoms with van der Waals surface area (Å²) in [4.78, 5) is 6.35. The average molecular weight is 272 g/mol. The molecule has 0 saturated heterocycles. The van der Waals surface area contributed by atoms with Crippen molar-refractivity contribution in [3.05, 3.63) is 30.9 Å². The van der Waals surface area contributed by atoms with E-state index in [0.717, 1.165) is 42.8 Å². The van der Waals surface area contributed by atoms with E-state index >= 15 is 0 Å². The number of likely N-dealkylation sites (N-methyl/N-ethyl adjacent to an activating group) is 1. The second-order valence-electron chi connectivity index (χ2n) is 5.48. The quantitative estimate of drug-likeness (QED) is 0.807. The van der Waals surface area contributed by atoms with Crippen molar-refractivity contribution in [2.75, 3.05) is 20.6 Å². The molecule has 0 bridgehead atoms. The molecule has 2 heterocycles.